The first-order chi connectivity index (χ1) is 60.7. The minimum absolute atomic E-state index is 0. The van der Waals surface area contributed by atoms with E-state index in [1.54, 1.807) is 38.1 Å². The molecule has 0 amide bonds. The van der Waals surface area contributed by atoms with Gasteiger partial charge in [0.15, 0.2) is 46.8 Å². The van der Waals surface area contributed by atoms with Crippen molar-refractivity contribution in [1.29, 1.82) is 5.26 Å². The summed E-state index contributed by atoms with van der Waals surface area (Å²) in [7, 11) is -13.3. The van der Waals surface area contributed by atoms with Gasteiger partial charge in [0.25, 0.3) is 0 Å². The van der Waals surface area contributed by atoms with Crippen molar-refractivity contribution in [3.05, 3.63) is 250 Å². The highest BCUT2D eigenvalue weighted by Gasteiger charge is 2.82. The van der Waals surface area contributed by atoms with Gasteiger partial charge >= 0.3 is 52.2 Å². The van der Waals surface area contributed by atoms with Crippen LogP contribution in [0.2, 0.25) is 0 Å². The molecule has 802 valence electrons. The Hall–Kier alpha value is -10.5. The Morgan fingerprint density at radius 2 is 0.803 bits per heavy atom. The molecule has 0 radical (unpaired) electrons. The monoisotopic (exact) mass is 2060 g/mol. The molecule has 2 saturated heterocycles. The minimum atomic E-state index is -6.60. The molecule has 4 aliphatic rings. The fourth-order valence-electron chi connectivity index (χ4n) is 13.1. The summed E-state index contributed by atoms with van der Waals surface area (Å²) in [6, 6.07) is 73.4. The number of carbonyl (C=O) groups excluding carboxylic acids is 6. The molecule has 12 rings (SSSR count). The second-order valence-electron chi connectivity index (χ2n) is 35.1. The average Bonchev–Trinajstić information content (AvgIpc) is 1.01. The summed E-state index contributed by atoms with van der Waals surface area (Å²) in [5.74, 6) is -6.99. The fourth-order valence-corrected chi connectivity index (χ4v) is 18.0. The van der Waals surface area contributed by atoms with Crippen LogP contribution in [0.25, 0.3) is 15.3 Å². The molecule has 29 heteroatoms. The van der Waals surface area contributed by atoms with Crippen molar-refractivity contribution in [3.8, 4) is 28.7 Å². The quantitative estimate of drug-likeness (QED) is 0.0220. The van der Waals surface area contributed by atoms with Gasteiger partial charge in [0.2, 0.25) is 0 Å². The average molecular weight is 2060 g/mol. The van der Waals surface area contributed by atoms with Gasteiger partial charge in [-0.25, -0.2) is 21.6 Å². The molecule has 0 spiro atoms. The van der Waals surface area contributed by atoms with Gasteiger partial charge in [0.1, 0.15) is 35.9 Å². The zero-order valence-electron chi connectivity index (χ0n) is 77.4. The summed E-state index contributed by atoms with van der Waals surface area (Å²) in [6.45, 7) is 37.4. The predicted octanol–water partition coefficient (Wildman–Crippen LogP) is 31.4. The molecule has 2 aliphatic heterocycles. The number of aryl methyl sites for hydroxylation is 1. The van der Waals surface area contributed by atoms with Crippen LogP contribution in [0.3, 0.4) is 0 Å². The smallest absolute Gasteiger partial charge is 0.399 e. The van der Waals surface area contributed by atoms with Crippen LogP contribution in [0.4, 0.5) is 26.3 Å². The molecule has 2 N–H and O–H groups in total. The third-order valence-corrected chi connectivity index (χ3v) is 29.8. The molecule has 20 nitrogen and oxygen atoms in total. The third-order valence-electron chi connectivity index (χ3n) is 24.2. The summed E-state index contributed by atoms with van der Waals surface area (Å²) in [4.78, 5) is 76.0. The van der Waals surface area contributed by atoms with Crippen LogP contribution in [0.1, 0.15) is 323 Å². The van der Waals surface area contributed by atoms with E-state index < -0.39 is 100 Å². The number of fused-ring (bicyclic) bond motifs is 1. The van der Waals surface area contributed by atoms with Crippen molar-refractivity contribution in [3.63, 3.8) is 0 Å². The molecule has 8 aromatic carbocycles. The lowest BCUT2D eigenvalue weighted by Crippen LogP contribution is -2.64. The Morgan fingerprint density at radius 3 is 1.16 bits per heavy atom. The predicted molar refractivity (Wildman–Crippen MR) is 570 cm³/mol. The highest BCUT2D eigenvalue weighted by Crippen LogP contribution is 2.62. The van der Waals surface area contributed by atoms with Crippen LogP contribution in [0.15, 0.2) is 227 Å². The Balaban J connectivity index is -0.000000302. The summed E-state index contributed by atoms with van der Waals surface area (Å²) in [5, 5.41) is 14.8. The molecule has 2 heterocycles. The van der Waals surface area contributed by atoms with Gasteiger partial charge in [0.05, 0.1) is 45.2 Å². The number of phenolic OH excluding ortho intramolecular Hbond substituents is 2. The van der Waals surface area contributed by atoms with E-state index in [9.17, 15) is 77.2 Å². The molecule has 2 aliphatic carbocycles. The van der Waals surface area contributed by atoms with Crippen molar-refractivity contribution in [2.45, 2.75) is 346 Å². The number of ether oxygens (including phenoxy) is 6. The van der Waals surface area contributed by atoms with Gasteiger partial charge < -0.3 is 42.8 Å². The van der Waals surface area contributed by atoms with E-state index in [2.05, 4.69) is 143 Å². The van der Waals surface area contributed by atoms with Crippen LogP contribution in [-0.2, 0) is 94.6 Å². The topological polar surface area (TPSA) is 304 Å². The van der Waals surface area contributed by atoms with Crippen molar-refractivity contribution in [2.75, 3.05) is 13.2 Å². The summed E-state index contributed by atoms with van der Waals surface area (Å²) < 4.78 is 149. The molecule has 2 bridgehead atoms. The normalized spacial score (nSPS) is 17.7. The van der Waals surface area contributed by atoms with E-state index in [1.807, 2.05) is 169 Å². The van der Waals surface area contributed by atoms with E-state index >= 15 is 0 Å². The Morgan fingerprint density at radius 1 is 0.472 bits per heavy atom. The van der Waals surface area contributed by atoms with E-state index in [-0.39, 0.29) is 142 Å². The number of nitrogens with zero attached hydrogens (tertiary/aromatic N) is 2. The van der Waals surface area contributed by atoms with Gasteiger partial charge in [-0.2, -0.15) is 31.6 Å². The molecule has 142 heavy (non-hydrogen) atoms. The van der Waals surface area contributed by atoms with Crippen LogP contribution >= 0.6 is 0 Å². The lowest BCUT2D eigenvalue weighted by molar-refractivity contribution is -0.244. The molecule has 9 unspecified atom stereocenters. The van der Waals surface area contributed by atoms with Gasteiger partial charge in [0, 0.05) is 18.3 Å². The fraction of sp³-hybridized carbons (Fsp3) is 0.513. The lowest BCUT2D eigenvalue weighted by atomic mass is 9.75. The first-order valence-electron chi connectivity index (χ1n) is 43.4. The number of aromatic hydroxyl groups is 2. The molecule has 2 saturated carbocycles. The molecule has 8 aromatic rings. The van der Waals surface area contributed by atoms with Crippen LogP contribution < -0.4 is 0 Å². The maximum atomic E-state index is 12.4. The number of halogens is 6. The van der Waals surface area contributed by atoms with E-state index in [1.165, 1.54) is 42.5 Å². The summed E-state index contributed by atoms with van der Waals surface area (Å²) >= 11 is 0. The lowest BCUT2D eigenvalue weighted by Gasteiger charge is -2.42. The van der Waals surface area contributed by atoms with E-state index in [0.717, 1.165) is 59.3 Å². The van der Waals surface area contributed by atoms with Crippen LogP contribution in [-0.4, -0.2) is 105 Å². The number of hydrogen-bond donors (Lipinski definition) is 2. The molecular formula is C113H172F6N2O18S3. The van der Waals surface area contributed by atoms with Crippen LogP contribution in [0.5, 0.6) is 11.5 Å². The van der Waals surface area contributed by atoms with Crippen molar-refractivity contribution < 1.29 is 111 Å². The van der Waals surface area contributed by atoms with E-state index in [0.29, 0.717) is 49.2 Å². The second kappa shape index (κ2) is 62.2. The number of phenols is 2. The zero-order chi connectivity index (χ0) is 97.3. The van der Waals surface area contributed by atoms with Crippen molar-refractivity contribution in [1.82, 2.24) is 0 Å². The number of hydrogen-bond acceptors (Lipinski definition) is 19. The highest BCUT2D eigenvalue weighted by molar-refractivity contribution is 8.13. The first-order valence-corrected chi connectivity index (χ1v) is 47.5. The number of sulfonamides is 2. The van der Waals surface area contributed by atoms with Crippen LogP contribution in [0, 0.1) is 57.2 Å². The standard InChI is InChI=1S/C26H29O2S.C20H24O2.C17H21NO6.C15H22O2.2C10H14O.C3F6NO4S2.12CH4/c1-4-26(2,3)25(27)28-20-19-21-15-17-24(18-16-21)29(22-11-7-5-8-12-22)23-13-9-6-10-14-23;1-5-20(3,4)19(21)22-15(2)16-11-13-18(14-12-16)17-9-7-6-8-10-17;1-4-16(2,3)14(20)22-7-11(19)23-12-9-5-10-13(12)24-15(21)17(10,6-9)8-18;1-6-15(4,5)14(16)17-12(3)13-9-7-11(2)8-10-13;2*1-3-8(2)9-4-6-10(11)7-5-9;4-1(5)2(6,7)15(11,12)10-16(13,14)3(1,8)9;;;;;;;;;;;;/h5-18H,4,19-20H2,1-3H3;6-15H,5H2,1-4H3;9-10,12-13H,4-7H2,1-3H3;7-10,12H,6H2,1-5H3;2*4-8,11H,3H2,1-2H3;;12*1H4/q+1;;;;;;-1;;;;;;;;;;;;. The highest BCUT2D eigenvalue weighted by atomic mass is 32.3. The minimum Gasteiger partial charge on any atom is -0.508 e. The van der Waals surface area contributed by atoms with Crippen molar-refractivity contribution in [2.24, 2.45) is 38.9 Å². The number of rotatable bonds is 26. The second-order valence-corrected chi connectivity index (χ2v) is 40.7. The number of carbonyl (C=O) groups is 6. The third kappa shape index (κ3) is 36.9. The van der Waals surface area contributed by atoms with Crippen molar-refractivity contribution >= 4 is 66.8 Å². The number of nitriles is 1. The number of alkyl halides is 6. The number of esters is 6. The first kappa shape index (κ1) is 144. The molecule has 4 fully saturated rings. The molecule has 0 aromatic heterocycles. The molecule has 9 atom stereocenters. The van der Waals surface area contributed by atoms with E-state index in [4.69, 9.17) is 38.6 Å². The van der Waals surface area contributed by atoms with Gasteiger partial charge in [-0.1, -0.05) is 302 Å². The maximum Gasteiger partial charge on any atom is 0.399 e. The largest absolute Gasteiger partial charge is 0.508 e. The Kier molecular flexibility index (Phi) is 63.3. The summed E-state index contributed by atoms with van der Waals surface area (Å²) in [5.41, 5.74) is 6.42. The Labute approximate surface area is 853 Å². The van der Waals surface area contributed by atoms with Gasteiger partial charge in [-0.3, -0.25) is 24.0 Å². The maximum absolute atomic E-state index is 12.4. The Bertz CT molecular complexity index is 5170. The van der Waals surface area contributed by atoms with Gasteiger partial charge in [-0.15, -0.1) is 0 Å². The van der Waals surface area contributed by atoms with Gasteiger partial charge in [-0.05, 0) is 239 Å². The molecular weight excluding hydrogens is 1880 g/mol. The zero-order valence-corrected chi connectivity index (χ0v) is 79.9. The number of benzene rings is 8. The summed E-state index contributed by atoms with van der Waals surface area (Å²) in [6.07, 6.45) is 5.44. The SMILES string of the molecule is C.C.C.C.C.C.C.C.C.C.C.C.CCC(C)(C)C(=O)OC(C)c1ccc(-c2ccccc2)cc1.CCC(C)(C)C(=O)OC(C)c1ccc(C)cc1.CCC(C)(C)C(=O)OCC(=O)OC1C2CC3C1OC(=O)C3(C#N)C2.CCC(C)(C)C(=O)OCCc1ccc([S+](c2ccccc2)c2ccccc2)cc1.CCC(C)c1ccc(O)cc1.CCC(C)c1ccc(O)cc1.O=S1(=O)[N-]S(=O)(=O)C(F)(F)C(F)(F)C1(F)F.